The largest absolute Gasteiger partial charge is 0.493 e. The third kappa shape index (κ3) is 3.45. The number of hydrogen-bond donors (Lipinski definition) is 0. The van der Waals surface area contributed by atoms with Crippen LogP contribution in [0, 0.1) is 11.8 Å². The molecule has 0 saturated carbocycles. The lowest BCUT2D eigenvalue weighted by Gasteiger charge is -2.25. The first-order valence-corrected chi connectivity index (χ1v) is 8.29. The molecule has 3 unspecified atom stereocenters. The van der Waals surface area contributed by atoms with Gasteiger partial charge in [0, 0.05) is 26.4 Å². The molecule has 0 saturated heterocycles. The van der Waals surface area contributed by atoms with E-state index in [0.29, 0.717) is 23.7 Å². The zero-order valence-corrected chi connectivity index (χ0v) is 14.7. The summed E-state index contributed by atoms with van der Waals surface area (Å²) in [6.07, 6.45) is 0. The van der Waals surface area contributed by atoms with Gasteiger partial charge in [0.05, 0.1) is 6.61 Å². The Kier molecular flexibility index (Phi) is 5.15. The van der Waals surface area contributed by atoms with Gasteiger partial charge in [-0.05, 0) is 41.0 Å². The predicted octanol–water partition coefficient (Wildman–Crippen LogP) is 4.04. The summed E-state index contributed by atoms with van der Waals surface area (Å²) in [5, 5.41) is 0. The van der Waals surface area contributed by atoms with Crippen LogP contribution in [0.1, 0.15) is 57.6 Å². The van der Waals surface area contributed by atoms with Gasteiger partial charge < -0.3 is 9.64 Å². The molecule has 122 valence electrons. The summed E-state index contributed by atoms with van der Waals surface area (Å²) >= 11 is 0. The minimum Gasteiger partial charge on any atom is -0.493 e. The third-order valence-corrected chi connectivity index (χ3v) is 4.96. The molecule has 0 radical (unpaired) electrons. The van der Waals surface area contributed by atoms with Crippen molar-refractivity contribution in [3.63, 3.8) is 0 Å². The van der Waals surface area contributed by atoms with Crippen LogP contribution in [-0.2, 0) is 4.79 Å². The predicted molar refractivity (Wildman–Crippen MR) is 90.4 cm³/mol. The van der Waals surface area contributed by atoms with Crippen molar-refractivity contribution in [3.8, 4) is 5.75 Å². The fourth-order valence-corrected chi connectivity index (χ4v) is 3.24. The molecule has 2 rings (SSSR count). The number of benzene rings is 1. The van der Waals surface area contributed by atoms with Crippen LogP contribution in [0.15, 0.2) is 18.2 Å². The van der Waals surface area contributed by atoms with Crippen LogP contribution in [0.2, 0.25) is 0 Å². The molecule has 0 N–H and O–H groups in total. The van der Waals surface area contributed by atoms with Crippen LogP contribution < -0.4 is 4.74 Å². The van der Waals surface area contributed by atoms with Crippen LogP contribution >= 0.6 is 0 Å². The van der Waals surface area contributed by atoms with E-state index >= 15 is 0 Å². The van der Waals surface area contributed by atoms with Gasteiger partial charge in [-0.15, -0.1) is 0 Å². The Balaban J connectivity index is 2.24. The Bertz CT molecular complexity index is 538. The highest BCUT2D eigenvalue weighted by Crippen LogP contribution is 2.47. The number of carbonyl (C=O) groups excluding carboxylic acids is 1. The van der Waals surface area contributed by atoms with Gasteiger partial charge in [-0.2, -0.15) is 0 Å². The van der Waals surface area contributed by atoms with E-state index in [4.69, 9.17) is 4.74 Å². The van der Waals surface area contributed by atoms with E-state index in [9.17, 15) is 4.79 Å². The van der Waals surface area contributed by atoms with E-state index < -0.39 is 0 Å². The van der Waals surface area contributed by atoms with Crippen molar-refractivity contribution >= 4 is 5.91 Å². The van der Waals surface area contributed by atoms with Crippen LogP contribution in [-0.4, -0.2) is 31.0 Å². The summed E-state index contributed by atoms with van der Waals surface area (Å²) in [4.78, 5) is 13.4. The van der Waals surface area contributed by atoms with Crippen LogP contribution in [0.3, 0.4) is 0 Å². The first-order valence-electron chi connectivity index (χ1n) is 8.29. The number of fused-ring (bicyclic) bond motifs is 1. The number of amides is 1. The normalized spacial score (nSPS) is 23.5. The number of carbonyl (C=O) groups is 1. The lowest BCUT2D eigenvalue weighted by Crippen LogP contribution is -2.30. The Morgan fingerprint density at radius 3 is 2.55 bits per heavy atom. The second-order valence-corrected chi connectivity index (χ2v) is 7.15. The number of nitrogens with zero attached hydrogens (tertiary/aromatic N) is 1. The molecule has 3 heteroatoms. The van der Waals surface area contributed by atoms with Crippen molar-refractivity contribution < 1.29 is 9.53 Å². The molecule has 0 heterocycles. The molecule has 0 fully saturated rings. The lowest BCUT2D eigenvalue weighted by atomic mass is 9.89. The Morgan fingerprint density at radius 2 is 1.95 bits per heavy atom. The second kappa shape index (κ2) is 6.72. The van der Waals surface area contributed by atoms with Crippen molar-refractivity contribution in [1.29, 1.82) is 0 Å². The molecule has 3 atom stereocenters. The van der Waals surface area contributed by atoms with Crippen molar-refractivity contribution in [2.45, 2.75) is 46.5 Å². The monoisotopic (exact) mass is 303 g/mol. The van der Waals surface area contributed by atoms with Gasteiger partial charge in [0.15, 0.2) is 0 Å². The molecule has 1 aromatic carbocycles. The molecule has 0 spiro atoms. The average molecular weight is 303 g/mol. The molecule has 0 bridgehead atoms. The topological polar surface area (TPSA) is 29.5 Å². The summed E-state index contributed by atoms with van der Waals surface area (Å²) in [6, 6.07) is 6.48. The van der Waals surface area contributed by atoms with Crippen LogP contribution in [0.4, 0.5) is 0 Å². The zero-order valence-electron chi connectivity index (χ0n) is 14.7. The number of rotatable bonds is 5. The third-order valence-electron chi connectivity index (χ3n) is 4.96. The lowest BCUT2D eigenvalue weighted by molar-refractivity contribution is -0.127. The first-order chi connectivity index (χ1) is 10.3. The van der Waals surface area contributed by atoms with Crippen molar-refractivity contribution in [1.82, 2.24) is 4.90 Å². The average Bonchev–Trinajstić information content (AvgIpc) is 2.69. The molecule has 1 amide bonds. The molecule has 1 aromatic rings. The maximum absolute atomic E-state index is 11.6. The van der Waals surface area contributed by atoms with Gasteiger partial charge in [0.2, 0.25) is 5.91 Å². The van der Waals surface area contributed by atoms with Gasteiger partial charge in [-0.3, -0.25) is 4.79 Å². The maximum Gasteiger partial charge on any atom is 0.219 e. The minimum atomic E-state index is 0.125. The molecule has 0 aromatic heterocycles. The summed E-state index contributed by atoms with van der Waals surface area (Å²) in [6.45, 7) is 12.0. The van der Waals surface area contributed by atoms with Crippen molar-refractivity contribution in [2.24, 2.45) is 11.8 Å². The Labute approximate surface area is 134 Å². The van der Waals surface area contributed by atoms with E-state index in [2.05, 4.69) is 45.9 Å². The highest BCUT2D eigenvalue weighted by atomic mass is 16.5. The molecular formula is C19H29NO2. The Morgan fingerprint density at radius 1 is 1.27 bits per heavy atom. The fraction of sp³-hybridized carbons (Fsp3) is 0.632. The summed E-state index contributed by atoms with van der Waals surface area (Å²) < 4.78 is 5.88. The fourth-order valence-electron chi connectivity index (χ4n) is 3.24. The standard InChI is InChI=1S/C19H29NO2/c1-12(2)11-22-16-7-8-17-13(3)14(4)19(18(17)9-16)10-20(6)15(5)21/h7-9,12-14,19H,10-11H2,1-6H3. The molecular weight excluding hydrogens is 274 g/mol. The molecule has 1 aliphatic rings. The highest BCUT2D eigenvalue weighted by molar-refractivity contribution is 5.73. The van der Waals surface area contributed by atoms with Crippen LogP contribution in [0.25, 0.3) is 0 Å². The van der Waals surface area contributed by atoms with Crippen molar-refractivity contribution in [2.75, 3.05) is 20.2 Å². The van der Waals surface area contributed by atoms with E-state index in [-0.39, 0.29) is 5.91 Å². The first kappa shape index (κ1) is 16.9. The molecule has 1 aliphatic carbocycles. The maximum atomic E-state index is 11.6. The Hall–Kier alpha value is -1.51. The summed E-state index contributed by atoms with van der Waals surface area (Å²) in [5.41, 5.74) is 2.76. The summed E-state index contributed by atoms with van der Waals surface area (Å²) in [7, 11) is 1.89. The van der Waals surface area contributed by atoms with Gasteiger partial charge in [0.25, 0.3) is 0 Å². The van der Waals surface area contributed by atoms with Gasteiger partial charge in [0.1, 0.15) is 5.75 Å². The van der Waals surface area contributed by atoms with Crippen LogP contribution in [0.5, 0.6) is 5.75 Å². The SMILES string of the molecule is CC(=O)N(C)CC1c2cc(OCC(C)C)ccc2C(C)C1C. The summed E-state index contributed by atoms with van der Waals surface area (Å²) in [5.74, 6) is 3.05. The van der Waals surface area contributed by atoms with E-state index in [1.165, 1.54) is 11.1 Å². The number of ether oxygens (including phenoxy) is 1. The molecule has 3 nitrogen and oxygen atoms in total. The smallest absolute Gasteiger partial charge is 0.219 e. The molecule has 22 heavy (non-hydrogen) atoms. The minimum absolute atomic E-state index is 0.125. The van der Waals surface area contributed by atoms with E-state index in [1.54, 1.807) is 6.92 Å². The number of hydrogen-bond acceptors (Lipinski definition) is 2. The van der Waals surface area contributed by atoms with Gasteiger partial charge in [-0.1, -0.05) is 33.8 Å². The molecule has 0 aliphatic heterocycles. The quantitative estimate of drug-likeness (QED) is 0.821. The second-order valence-electron chi connectivity index (χ2n) is 7.15. The van der Waals surface area contributed by atoms with Gasteiger partial charge in [-0.25, -0.2) is 0 Å². The van der Waals surface area contributed by atoms with Gasteiger partial charge >= 0.3 is 0 Å². The zero-order chi connectivity index (χ0) is 16.4. The van der Waals surface area contributed by atoms with Crippen molar-refractivity contribution in [3.05, 3.63) is 29.3 Å². The van der Waals surface area contributed by atoms with E-state index in [0.717, 1.165) is 18.9 Å². The number of likely N-dealkylation sites (N-methyl/N-ethyl adjacent to an activating group) is 1. The van der Waals surface area contributed by atoms with E-state index in [1.807, 2.05) is 11.9 Å². The highest BCUT2D eigenvalue weighted by Gasteiger charge is 2.36.